The van der Waals surface area contributed by atoms with E-state index in [4.69, 9.17) is 5.26 Å². The van der Waals surface area contributed by atoms with Gasteiger partial charge in [0.1, 0.15) is 11.4 Å². The van der Waals surface area contributed by atoms with Gasteiger partial charge >= 0.3 is 0 Å². The Morgan fingerprint density at radius 1 is 1.07 bits per heavy atom. The van der Waals surface area contributed by atoms with Gasteiger partial charge in [-0.15, -0.1) is 0 Å². The zero-order chi connectivity index (χ0) is 20.7. The summed E-state index contributed by atoms with van der Waals surface area (Å²) in [4.78, 5) is 8.37. The molecular formula is C24H17FN4O. The van der Waals surface area contributed by atoms with Crippen LogP contribution < -0.4 is 0 Å². The SMILES string of the molecule is N#Cc1ccc(C2CC(O)(c3cccc(-c4cccnc4)c3)c3cncn32)c(F)c1. The average Bonchev–Trinajstić information content (AvgIpc) is 3.38. The second-order valence-electron chi connectivity index (χ2n) is 7.44. The van der Waals surface area contributed by atoms with Crippen LogP contribution in [0.2, 0.25) is 0 Å². The molecule has 0 spiro atoms. The summed E-state index contributed by atoms with van der Waals surface area (Å²) < 4.78 is 16.6. The minimum Gasteiger partial charge on any atom is -0.379 e. The minimum absolute atomic E-state index is 0.263. The van der Waals surface area contributed by atoms with Crippen LogP contribution in [-0.4, -0.2) is 19.6 Å². The van der Waals surface area contributed by atoms with E-state index in [1.54, 1.807) is 41.6 Å². The van der Waals surface area contributed by atoms with Gasteiger partial charge in [-0.25, -0.2) is 9.37 Å². The standard InChI is InChI=1S/C24H17FN4O/c25-21-9-16(12-26)6-7-20(21)22-11-24(30,23-14-28-15-29(22)23)19-5-1-3-17(10-19)18-4-2-8-27-13-18/h1-10,13-15,22,30H,11H2. The number of pyridine rings is 1. The second-order valence-corrected chi connectivity index (χ2v) is 7.44. The topological polar surface area (TPSA) is 74.7 Å². The van der Waals surface area contributed by atoms with Gasteiger partial charge in [0, 0.05) is 24.4 Å². The molecule has 0 bridgehead atoms. The first-order chi connectivity index (χ1) is 14.6. The molecule has 2 aromatic heterocycles. The average molecular weight is 396 g/mol. The quantitative estimate of drug-likeness (QED) is 0.564. The molecule has 2 aromatic carbocycles. The van der Waals surface area contributed by atoms with Crippen LogP contribution >= 0.6 is 0 Å². The molecular weight excluding hydrogens is 379 g/mol. The molecule has 2 atom stereocenters. The van der Waals surface area contributed by atoms with Crippen molar-refractivity contribution >= 4 is 0 Å². The third kappa shape index (κ3) is 2.79. The third-order valence-electron chi connectivity index (χ3n) is 5.74. The predicted octanol–water partition coefficient (Wildman–Crippen LogP) is 4.18. The van der Waals surface area contributed by atoms with E-state index in [2.05, 4.69) is 9.97 Å². The maximum atomic E-state index is 14.8. The monoisotopic (exact) mass is 396 g/mol. The molecule has 0 aliphatic carbocycles. The summed E-state index contributed by atoms with van der Waals surface area (Å²) >= 11 is 0. The lowest BCUT2D eigenvalue weighted by molar-refractivity contribution is 0.0793. The van der Waals surface area contributed by atoms with Gasteiger partial charge in [-0.1, -0.05) is 30.3 Å². The molecule has 3 heterocycles. The Bertz CT molecular complexity index is 1280. The molecule has 6 heteroatoms. The summed E-state index contributed by atoms with van der Waals surface area (Å²) in [6.45, 7) is 0. The van der Waals surface area contributed by atoms with E-state index >= 15 is 0 Å². The molecule has 4 aromatic rings. The lowest BCUT2D eigenvalue weighted by atomic mass is 9.85. The smallest absolute Gasteiger partial charge is 0.133 e. The molecule has 1 N–H and O–H groups in total. The van der Waals surface area contributed by atoms with Gasteiger partial charge in [0.25, 0.3) is 0 Å². The zero-order valence-corrected chi connectivity index (χ0v) is 15.9. The van der Waals surface area contributed by atoms with Gasteiger partial charge in [0.05, 0.1) is 35.9 Å². The van der Waals surface area contributed by atoms with Gasteiger partial charge in [0.15, 0.2) is 0 Å². The highest BCUT2D eigenvalue weighted by atomic mass is 19.1. The number of halogens is 1. The van der Waals surface area contributed by atoms with Gasteiger partial charge in [0.2, 0.25) is 0 Å². The molecule has 1 aliphatic heterocycles. The van der Waals surface area contributed by atoms with E-state index in [0.717, 1.165) is 11.1 Å². The van der Waals surface area contributed by atoms with Crippen LogP contribution in [0, 0.1) is 17.1 Å². The van der Waals surface area contributed by atoms with Crippen LogP contribution in [0.25, 0.3) is 11.1 Å². The van der Waals surface area contributed by atoms with Crippen molar-refractivity contribution in [1.82, 2.24) is 14.5 Å². The number of hydrogen-bond acceptors (Lipinski definition) is 4. The lowest BCUT2D eigenvalue weighted by Crippen LogP contribution is -2.24. The Morgan fingerprint density at radius 2 is 1.93 bits per heavy atom. The summed E-state index contributed by atoms with van der Waals surface area (Å²) in [6, 6.07) is 17.4. The van der Waals surface area contributed by atoms with Gasteiger partial charge in [-0.05, 0) is 41.0 Å². The molecule has 146 valence electrons. The number of nitrogens with zero attached hydrogens (tertiary/aromatic N) is 4. The predicted molar refractivity (Wildman–Crippen MR) is 109 cm³/mol. The molecule has 0 radical (unpaired) electrons. The van der Waals surface area contributed by atoms with Gasteiger partial charge in [-0.3, -0.25) is 4.98 Å². The van der Waals surface area contributed by atoms with Crippen molar-refractivity contribution in [2.75, 3.05) is 0 Å². The van der Waals surface area contributed by atoms with E-state index in [1.807, 2.05) is 42.5 Å². The van der Waals surface area contributed by atoms with E-state index < -0.39 is 17.5 Å². The second kappa shape index (κ2) is 6.90. The number of aliphatic hydroxyl groups is 1. The normalized spacial score (nSPS) is 20.0. The number of aromatic nitrogens is 3. The summed E-state index contributed by atoms with van der Waals surface area (Å²) in [5.74, 6) is -0.466. The molecule has 5 nitrogen and oxygen atoms in total. The van der Waals surface area contributed by atoms with Crippen molar-refractivity contribution in [3.05, 3.63) is 108 Å². The number of benzene rings is 2. The first kappa shape index (κ1) is 18.2. The Morgan fingerprint density at radius 3 is 2.70 bits per heavy atom. The molecule has 30 heavy (non-hydrogen) atoms. The van der Waals surface area contributed by atoms with Crippen LogP contribution in [-0.2, 0) is 5.60 Å². The molecule has 5 rings (SSSR count). The first-order valence-corrected chi connectivity index (χ1v) is 9.55. The van der Waals surface area contributed by atoms with E-state index in [0.29, 0.717) is 16.8 Å². The molecule has 0 saturated carbocycles. The fourth-order valence-corrected chi connectivity index (χ4v) is 4.24. The number of rotatable bonds is 3. The highest BCUT2D eigenvalue weighted by Crippen LogP contribution is 2.47. The molecule has 1 aliphatic rings. The van der Waals surface area contributed by atoms with Gasteiger partial charge in [-0.2, -0.15) is 5.26 Å². The van der Waals surface area contributed by atoms with Crippen LogP contribution in [0.15, 0.2) is 79.5 Å². The van der Waals surface area contributed by atoms with E-state index in [-0.39, 0.29) is 12.0 Å². The fourth-order valence-electron chi connectivity index (χ4n) is 4.24. The van der Waals surface area contributed by atoms with Crippen molar-refractivity contribution in [2.24, 2.45) is 0 Å². The highest BCUT2D eigenvalue weighted by Gasteiger charge is 2.45. The minimum atomic E-state index is -1.32. The Kier molecular flexibility index (Phi) is 4.19. The summed E-state index contributed by atoms with van der Waals surface area (Å²) in [6.07, 6.45) is 6.99. The number of fused-ring (bicyclic) bond motifs is 1. The summed E-state index contributed by atoms with van der Waals surface area (Å²) in [5.41, 5.74) is 2.57. The van der Waals surface area contributed by atoms with Crippen LogP contribution in [0.4, 0.5) is 4.39 Å². The van der Waals surface area contributed by atoms with E-state index in [1.165, 1.54) is 6.07 Å². The largest absolute Gasteiger partial charge is 0.379 e. The Labute approximate surface area is 172 Å². The zero-order valence-electron chi connectivity index (χ0n) is 15.9. The van der Waals surface area contributed by atoms with Crippen molar-refractivity contribution in [2.45, 2.75) is 18.1 Å². The summed E-state index contributed by atoms with van der Waals surface area (Å²) in [7, 11) is 0. The lowest BCUT2D eigenvalue weighted by Gasteiger charge is -2.24. The van der Waals surface area contributed by atoms with Crippen LogP contribution in [0.1, 0.15) is 34.8 Å². The molecule has 0 fully saturated rings. The number of nitriles is 1. The van der Waals surface area contributed by atoms with Crippen molar-refractivity contribution in [1.29, 1.82) is 5.26 Å². The summed E-state index contributed by atoms with van der Waals surface area (Å²) in [5, 5.41) is 20.8. The fraction of sp³-hybridized carbons (Fsp3) is 0.125. The Hall–Kier alpha value is -3.82. The van der Waals surface area contributed by atoms with Crippen molar-refractivity contribution < 1.29 is 9.50 Å². The number of hydrogen-bond donors (Lipinski definition) is 1. The van der Waals surface area contributed by atoms with Gasteiger partial charge < -0.3 is 9.67 Å². The highest BCUT2D eigenvalue weighted by molar-refractivity contribution is 5.64. The number of imidazole rings is 1. The third-order valence-corrected chi connectivity index (χ3v) is 5.74. The maximum absolute atomic E-state index is 14.8. The maximum Gasteiger partial charge on any atom is 0.133 e. The van der Waals surface area contributed by atoms with Crippen LogP contribution in [0.5, 0.6) is 0 Å². The molecule has 0 saturated heterocycles. The molecule has 2 unspecified atom stereocenters. The molecule has 0 amide bonds. The Balaban J connectivity index is 1.59. The van der Waals surface area contributed by atoms with Crippen molar-refractivity contribution in [3.8, 4) is 17.2 Å². The van der Waals surface area contributed by atoms with Crippen LogP contribution in [0.3, 0.4) is 0 Å². The first-order valence-electron chi connectivity index (χ1n) is 9.55. The van der Waals surface area contributed by atoms with Crippen molar-refractivity contribution in [3.63, 3.8) is 0 Å². The van der Waals surface area contributed by atoms with E-state index in [9.17, 15) is 9.50 Å².